The molecule has 0 saturated heterocycles. The lowest BCUT2D eigenvalue weighted by atomic mass is 10.1. The molecule has 0 atom stereocenters. The highest BCUT2D eigenvalue weighted by Crippen LogP contribution is 2.18. The molecule has 0 aliphatic heterocycles. The number of anilines is 1. The first-order chi connectivity index (χ1) is 9.19. The highest BCUT2D eigenvalue weighted by molar-refractivity contribution is 6.29. The van der Waals surface area contributed by atoms with E-state index in [-0.39, 0.29) is 0 Å². The van der Waals surface area contributed by atoms with Crippen LogP contribution in [-0.4, -0.2) is 23.6 Å². The minimum absolute atomic E-state index is 0.451. The van der Waals surface area contributed by atoms with Crippen LogP contribution >= 0.6 is 11.6 Å². The molecule has 2 rings (SSSR count). The van der Waals surface area contributed by atoms with Gasteiger partial charge in [-0.3, -0.25) is 0 Å². The zero-order chi connectivity index (χ0) is 13.7. The summed E-state index contributed by atoms with van der Waals surface area (Å²) < 4.78 is 5.31. The Bertz CT molecular complexity index is 540. The molecule has 0 aliphatic carbocycles. The summed E-state index contributed by atoms with van der Waals surface area (Å²) in [6.45, 7) is 2.57. The summed E-state index contributed by atoms with van der Waals surface area (Å²) >= 11 is 5.88. The van der Waals surface area contributed by atoms with Crippen LogP contribution in [0.2, 0.25) is 5.15 Å². The van der Waals surface area contributed by atoms with E-state index in [2.05, 4.69) is 21.4 Å². The second kappa shape index (κ2) is 6.38. The van der Waals surface area contributed by atoms with Gasteiger partial charge in [0.25, 0.3) is 0 Å². The molecule has 1 heterocycles. The molecular formula is C14H16ClN3O. The molecule has 0 radical (unpaired) electrons. The molecule has 19 heavy (non-hydrogen) atoms. The second-order valence-corrected chi connectivity index (χ2v) is 4.50. The van der Waals surface area contributed by atoms with Gasteiger partial charge in [-0.2, -0.15) is 0 Å². The van der Waals surface area contributed by atoms with Crippen LogP contribution in [0.5, 0.6) is 5.75 Å². The Morgan fingerprint density at radius 1 is 1.26 bits per heavy atom. The molecule has 2 aromatic rings. The summed E-state index contributed by atoms with van der Waals surface area (Å²) in [6.07, 6.45) is 0.852. The quantitative estimate of drug-likeness (QED) is 0.853. The largest absolute Gasteiger partial charge is 0.496 e. The molecule has 0 aliphatic rings. The number of ether oxygens (including phenoxy) is 1. The summed E-state index contributed by atoms with van der Waals surface area (Å²) in [5.41, 5.74) is 1.16. The standard InChI is InChI=1S/C14H16ClN3O/c1-10-17-13(15)9-14(18-10)16-8-7-11-5-3-4-6-12(11)19-2/h3-6,9H,7-8H2,1-2H3,(H,16,17,18). The third-order valence-electron chi connectivity index (χ3n) is 2.70. The van der Waals surface area contributed by atoms with Crippen LogP contribution in [0, 0.1) is 6.92 Å². The molecule has 5 heteroatoms. The van der Waals surface area contributed by atoms with Crippen molar-refractivity contribution in [2.75, 3.05) is 19.0 Å². The Morgan fingerprint density at radius 3 is 2.79 bits per heavy atom. The van der Waals surface area contributed by atoms with Crippen LogP contribution in [0.15, 0.2) is 30.3 Å². The fourth-order valence-electron chi connectivity index (χ4n) is 1.86. The van der Waals surface area contributed by atoms with E-state index < -0.39 is 0 Å². The van der Waals surface area contributed by atoms with Gasteiger partial charge >= 0.3 is 0 Å². The molecule has 0 spiro atoms. The lowest BCUT2D eigenvalue weighted by Crippen LogP contribution is -2.08. The summed E-state index contributed by atoms with van der Waals surface area (Å²) in [5, 5.41) is 3.69. The van der Waals surface area contributed by atoms with Crippen molar-refractivity contribution in [1.29, 1.82) is 0 Å². The number of benzene rings is 1. The maximum Gasteiger partial charge on any atom is 0.134 e. The van der Waals surface area contributed by atoms with Gasteiger partial charge in [0.05, 0.1) is 7.11 Å². The van der Waals surface area contributed by atoms with Crippen LogP contribution in [0.25, 0.3) is 0 Å². The first-order valence-electron chi connectivity index (χ1n) is 6.06. The average molecular weight is 278 g/mol. The number of methoxy groups -OCH3 is 1. The monoisotopic (exact) mass is 277 g/mol. The normalized spacial score (nSPS) is 10.3. The third-order valence-corrected chi connectivity index (χ3v) is 2.89. The van der Waals surface area contributed by atoms with Crippen molar-refractivity contribution in [3.63, 3.8) is 0 Å². The van der Waals surface area contributed by atoms with E-state index in [1.807, 2.05) is 25.1 Å². The minimum atomic E-state index is 0.451. The number of rotatable bonds is 5. The Balaban J connectivity index is 1.96. The Hall–Kier alpha value is -1.81. The molecular weight excluding hydrogens is 262 g/mol. The number of hydrogen-bond acceptors (Lipinski definition) is 4. The summed E-state index contributed by atoms with van der Waals surface area (Å²) in [4.78, 5) is 8.29. The van der Waals surface area contributed by atoms with E-state index in [9.17, 15) is 0 Å². The molecule has 4 nitrogen and oxygen atoms in total. The topological polar surface area (TPSA) is 47.0 Å². The predicted molar refractivity (Wildman–Crippen MR) is 77.0 cm³/mol. The van der Waals surface area contributed by atoms with Crippen molar-refractivity contribution in [3.8, 4) is 5.75 Å². The second-order valence-electron chi connectivity index (χ2n) is 4.11. The molecule has 0 saturated carbocycles. The first kappa shape index (κ1) is 13.6. The molecule has 1 aromatic heterocycles. The Morgan fingerprint density at radius 2 is 2.05 bits per heavy atom. The van der Waals surface area contributed by atoms with E-state index in [0.29, 0.717) is 11.0 Å². The zero-order valence-corrected chi connectivity index (χ0v) is 11.7. The van der Waals surface area contributed by atoms with Crippen molar-refractivity contribution in [2.45, 2.75) is 13.3 Å². The van der Waals surface area contributed by atoms with Gasteiger partial charge in [0.1, 0.15) is 22.5 Å². The van der Waals surface area contributed by atoms with Gasteiger partial charge < -0.3 is 10.1 Å². The van der Waals surface area contributed by atoms with Crippen molar-refractivity contribution in [3.05, 3.63) is 46.9 Å². The summed E-state index contributed by atoms with van der Waals surface area (Å²) in [7, 11) is 1.68. The number of aryl methyl sites for hydroxylation is 1. The van der Waals surface area contributed by atoms with Crippen LogP contribution in [0.4, 0.5) is 5.82 Å². The lowest BCUT2D eigenvalue weighted by molar-refractivity contribution is 0.410. The molecule has 0 amide bonds. The fraction of sp³-hybridized carbons (Fsp3) is 0.286. The molecule has 0 unspecified atom stereocenters. The van der Waals surface area contributed by atoms with Crippen molar-refractivity contribution < 1.29 is 4.74 Å². The first-order valence-corrected chi connectivity index (χ1v) is 6.44. The van der Waals surface area contributed by atoms with Gasteiger partial charge in [-0.1, -0.05) is 29.8 Å². The van der Waals surface area contributed by atoms with E-state index >= 15 is 0 Å². The maximum absolute atomic E-state index is 5.88. The molecule has 0 fully saturated rings. The molecule has 1 N–H and O–H groups in total. The molecule has 100 valence electrons. The van der Waals surface area contributed by atoms with Crippen LogP contribution in [0.1, 0.15) is 11.4 Å². The zero-order valence-electron chi connectivity index (χ0n) is 11.0. The number of nitrogens with zero attached hydrogens (tertiary/aromatic N) is 2. The number of para-hydroxylation sites is 1. The number of nitrogens with one attached hydrogen (secondary N) is 1. The summed E-state index contributed by atoms with van der Waals surface area (Å²) in [6, 6.07) is 9.70. The van der Waals surface area contributed by atoms with Gasteiger partial charge in [0, 0.05) is 12.6 Å². The third kappa shape index (κ3) is 3.83. The SMILES string of the molecule is COc1ccccc1CCNc1cc(Cl)nc(C)n1. The molecule has 1 aromatic carbocycles. The number of aromatic nitrogens is 2. The van der Waals surface area contributed by atoms with Crippen molar-refractivity contribution >= 4 is 17.4 Å². The number of hydrogen-bond donors (Lipinski definition) is 1. The molecule has 0 bridgehead atoms. The van der Waals surface area contributed by atoms with E-state index in [4.69, 9.17) is 16.3 Å². The van der Waals surface area contributed by atoms with Gasteiger partial charge in [0.15, 0.2) is 0 Å². The van der Waals surface area contributed by atoms with E-state index in [1.54, 1.807) is 13.2 Å². The van der Waals surface area contributed by atoms with Crippen LogP contribution < -0.4 is 10.1 Å². The van der Waals surface area contributed by atoms with E-state index in [1.165, 1.54) is 0 Å². The van der Waals surface area contributed by atoms with Crippen LogP contribution in [-0.2, 0) is 6.42 Å². The smallest absolute Gasteiger partial charge is 0.134 e. The average Bonchev–Trinajstić information content (AvgIpc) is 2.38. The Labute approximate surface area is 117 Å². The predicted octanol–water partition coefficient (Wildman–Crippen LogP) is 3.10. The van der Waals surface area contributed by atoms with Gasteiger partial charge in [-0.25, -0.2) is 9.97 Å². The fourth-order valence-corrected chi connectivity index (χ4v) is 2.08. The van der Waals surface area contributed by atoms with Gasteiger partial charge in [-0.15, -0.1) is 0 Å². The Kier molecular flexibility index (Phi) is 4.58. The van der Waals surface area contributed by atoms with Crippen LogP contribution in [0.3, 0.4) is 0 Å². The van der Waals surface area contributed by atoms with Crippen molar-refractivity contribution in [1.82, 2.24) is 9.97 Å². The highest BCUT2D eigenvalue weighted by Gasteiger charge is 2.03. The van der Waals surface area contributed by atoms with Gasteiger partial charge in [0.2, 0.25) is 0 Å². The highest BCUT2D eigenvalue weighted by atomic mass is 35.5. The van der Waals surface area contributed by atoms with E-state index in [0.717, 1.165) is 30.1 Å². The number of halogens is 1. The maximum atomic E-state index is 5.88. The summed E-state index contributed by atoms with van der Waals surface area (Å²) in [5.74, 6) is 2.31. The van der Waals surface area contributed by atoms with Crippen molar-refractivity contribution in [2.24, 2.45) is 0 Å². The minimum Gasteiger partial charge on any atom is -0.496 e. The lowest BCUT2D eigenvalue weighted by Gasteiger charge is -2.09. The van der Waals surface area contributed by atoms with Gasteiger partial charge in [-0.05, 0) is 25.0 Å².